The first-order valence-corrected chi connectivity index (χ1v) is 5.56. The predicted octanol–water partition coefficient (Wildman–Crippen LogP) is 2.89. The molecule has 2 heteroatoms. The van der Waals surface area contributed by atoms with Crippen LogP contribution >= 0.6 is 0 Å². The van der Waals surface area contributed by atoms with Gasteiger partial charge in [-0.15, -0.1) is 0 Å². The minimum Gasteiger partial charge on any atom is -0.347 e. The van der Waals surface area contributed by atoms with Gasteiger partial charge in [0.2, 0.25) is 0 Å². The van der Waals surface area contributed by atoms with E-state index in [0.29, 0.717) is 6.42 Å². The van der Waals surface area contributed by atoms with Gasteiger partial charge in [-0.3, -0.25) is 0 Å². The SMILES string of the molecule is CN1C(=CCC=O)C(C)(C)c2ccccc21. The van der Waals surface area contributed by atoms with E-state index in [-0.39, 0.29) is 5.41 Å². The maximum absolute atomic E-state index is 10.5. The van der Waals surface area contributed by atoms with Crippen LogP contribution in [0.4, 0.5) is 5.69 Å². The van der Waals surface area contributed by atoms with Crippen molar-refractivity contribution in [2.75, 3.05) is 11.9 Å². The zero-order valence-corrected chi connectivity index (χ0v) is 10.0. The van der Waals surface area contributed by atoms with E-state index >= 15 is 0 Å². The van der Waals surface area contributed by atoms with Gasteiger partial charge in [-0.2, -0.15) is 0 Å². The van der Waals surface area contributed by atoms with Crippen LogP contribution in [0.1, 0.15) is 25.8 Å². The minimum absolute atomic E-state index is 0.00560. The fraction of sp³-hybridized carbons (Fsp3) is 0.357. The third-order valence-corrected chi connectivity index (χ3v) is 3.35. The van der Waals surface area contributed by atoms with Crippen LogP contribution in [0.3, 0.4) is 0 Å². The molecule has 84 valence electrons. The molecule has 0 atom stereocenters. The number of hydrogen-bond donors (Lipinski definition) is 0. The predicted molar refractivity (Wildman–Crippen MR) is 66.6 cm³/mol. The average Bonchev–Trinajstić information content (AvgIpc) is 2.46. The molecule has 1 aromatic rings. The summed E-state index contributed by atoms with van der Waals surface area (Å²) in [6, 6.07) is 8.40. The van der Waals surface area contributed by atoms with Gasteiger partial charge in [0.1, 0.15) is 6.29 Å². The summed E-state index contributed by atoms with van der Waals surface area (Å²) < 4.78 is 0. The molecule has 0 N–H and O–H groups in total. The third-order valence-electron chi connectivity index (χ3n) is 3.35. The Balaban J connectivity index is 2.52. The minimum atomic E-state index is -0.00560. The lowest BCUT2D eigenvalue weighted by Gasteiger charge is -2.23. The molecule has 0 saturated heterocycles. The Kier molecular flexibility index (Phi) is 2.58. The molecule has 0 bridgehead atoms. The van der Waals surface area contributed by atoms with Crippen molar-refractivity contribution in [1.29, 1.82) is 0 Å². The van der Waals surface area contributed by atoms with Crippen molar-refractivity contribution in [3.8, 4) is 0 Å². The van der Waals surface area contributed by atoms with Gasteiger partial charge in [0.05, 0.1) is 0 Å². The van der Waals surface area contributed by atoms with Crippen molar-refractivity contribution in [3.05, 3.63) is 41.6 Å². The quantitative estimate of drug-likeness (QED) is 0.707. The van der Waals surface area contributed by atoms with Gasteiger partial charge in [-0.1, -0.05) is 38.1 Å². The number of carbonyl (C=O) groups is 1. The maximum atomic E-state index is 10.5. The van der Waals surface area contributed by atoms with Gasteiger partial charge >= 0.3 is 0 Å². The highest BCUT2D eigenvalue weighted by Gasteiger charge is 2.37. The summed E-state index contributed by atoms with van der Waals surface area (Å²) in [4.78, 5) is 12.7. The van der Waals surface area contributed by atoms with E-state index < -0.39 is 0 Å². The van der Waals surface area contributed by atoms with Gasteiger partial charge in [-0.05, 0) is 11.6 Å². The molecule has 16 heavy (non-hydrogen) atoms. The van der Waals surface area contributed by atoms with Crippen LogP contribution in [0.15, 0.2) is 36.0 Å². The van der Waals surface area contributed by atoms with Crippen LogP contribution in [-0.2, 0) is 10.2 Å². The fourth-order valence-corrected chi connectivity index (χ4v) is 2.53. The Labute approximate surface area is 96.6 Å². The Morgan fingerprint density at radius 3 is 2.62 bits per heavy atom. The molecule has 1 heterocycles. The molecule has 0 fully saturated rings. The van der Waals surface area contributed by atoms with Crippen LogP contribution in [-0.4, -0.2) is 13.3 Å². The Hall–Kier alpha value is -1.57. The number of para-hydroxylation sites is 1. The van der Waals surface area contributed by atoms with Crippen molar-refractivity contribution in [3.63, 3.8) is 0 Å². The number of hydrogen-bond acceptors (Lipinski definition) is 2. The number of likely N-dealkylation sites (N-methyl/N-ethyl adjacent to an activating group) is 1. The van der Waals surface area contributed by atoms with Gasteiger partial charge in [0.25, 0.3) is 0 Å². The molecule has 0 aromatic heterocycles. The van der Waals surface area contributed by atoms with Crippen molar-refractivity contribution < 1.29 is 4.79 Å². The first-order valence-electron chi connectivity index (χ1n) is 5.56. The molecular weight excluding hydrogens is 198 g/mol. The van der Waals surface area contributed by atoms with Crippen LogP contribution in [0.2, 0.25) is 0 Å². The molecule has 0 aliphatic carbocycles. The zero-order valence-electron chi connectivity index (χ0n) is 10.0. The summed E-state index contributed by atoms with van der Waals surface area (Å²) in [5, 5.41) is 0. The number of rotatable bonds is 2. The number of carbonyl (C=O) groups excluding carboxylic acids is 1. The van der Waals surface area contributed by atoms with Crippen LogP contribution in [0.25, 0.3) is 0 Å². The van der Waals surface area contributed by atoms with Gasteiger partial charge < -0.3 is 9.69 Å². The monoisotopic (exact) mass is 215 g/mol. The topological polar surface area (TPSA) is 20.3 Å². The van der Waals surface area contributed by atoms with Gasteiger partial charge in [0, 0.05) is 30.3 Å². The number of nitrogens with zero attached hydrogens (tertiary/aromatic N) is 1. The summed E-state index contributed by atoms with van der Waals surface area (Å²) in [6.07, 6.45) is 3.45. The molecule has 1 aromatic carbocycles. The second-order valence-electron chi connectivity index (χ2n) is 4.69. The van der Waals surface area contributed by atoms with E-state index in [0.717, 1.165) is 6.29 Å². The van der Waals surface area contributed by atoms with Gasteiger partial charge in [-0.25, -0.2) is 0 Å². The Bertz CT molecular complexity index is 446. The second kappa shape index (κ2) is 3.78. The molecule has 2 rings (SSSR count). The molecule has 0 saturated carbocycles. The summed E-state index contributed by atoms with van der Waals surface area (Å²) in [6.45, 7) is 4.40. The van der Waals surface area contributed by atoms with Crippen LogP contribution < -0.4 is 4.90 Å². The smallest absolute Gasteiger partial charge is 0.123 e. The lowest BCUT2D eigenvalue weighted by molar-refractivity contribution is -0.107. The lowest BCUT2D eigenvalue weighted by atomic mass is 9.83. The fourth-order valence-electron chi connectivity index (χ4n) is 2.53. The highest BCUT2D eigenvalue weighted by Crippen LogP contribution is 2.46. The molecule has 2 nitrogen and oxygen atoms in total. The molecule has 1 aliphatic heterocycles. The summed E-state index contributed by atoms with van der Waals surface area (Å²) in [5.74, 6) is 0. The number of fused-ring (bicyclic) bond motifs is 1. The van der Waals surface area contributed by atoms with Crippen molar-refractivity contribution >= 4 is 12.0 Å². The summed E-state index contributed by atoms with van der Waals surface area (Å²) in [7, 11) is 2.06. The Morgan fingerprint density at radius 1 is 1.31 bits per heavy atom. The van der Waals surface area contributed by atoms with E-state index in [1.807, 2.05) is 12.1 Å². The average molecular weight is 215 g/mol. The van der Waals surface area contributed by atoms with E-state index in [9.17, 15) is 4.79 Å². The number of anilines is 1. The summed E-state index contributed by atoms with van der Waals surface area (Å²) >= 11 is 0. The number of aldehydes is 1. The molecule has 1 aliphatic rings. The highest BCUT2D eigenvalue weighted by atomic mass is 16.1. The van der Waals surface area contributed by atoms with E-state index in [1.54, 1.807) is 0 Å². The molecule has 0 radical (unpaired) electrons. The molecule has 0 spiro atoms. The standard InChI is InChI=1S/C14H17NO/c1-14(2)11-7-4-5-8-12(11)15(3)13(14)9-6-10-16/h4-5,7-10H,6H2,1-3H3. The third kappa shape index (κ3) is 1.45. The van der Waals surface area contributed by atoms with Crippen LogP contribution in [0, 0.1) is 0 Å². The van der Waals surface area contributed by atoms with Crippen molar-refractivity contribution in [1.82, 2.24) is 0 Å². The van der Waals surface area contributed by atoms with E-state index in [1.165, 1.54) is 16.9 Å². The normalized spacial score (nSPS) is 19.9. The summed E-state index contributed by atoms with van der Waals surface area (Å²) in [5.41, 5.74) is 3.77. The molecule has 0 unspecified atom stereocenters. The molecule has 0 amide bonds. The van der Waals surface area contributed by atoms with Crippen molar-refractivity contribution in [2.24, 2.45) is 0 Å². The molecular formula is C14H17NO. The second-order valence-corrected chi connectivity index (χ2v) is 4.69. The Morgan fingerprint density at radius 2 is 2.00 bits per heavy atom. The first-order chi connectivity index (χ1) is 7.59. The highest BCUT2D eigenvalue weighted by molar-refractivity contribution is 5.70. The number of benzene rings is 1. The van der Waals surface area contributed by atoms with Crippen LogP contribution in [0.5, 0.6) is 0 Å². The zero-order chi connectivity index (χ0) is 11.8. The maximum Gasteiger partial charge on any atom is 0.123 e. The van der Waals surface area contributed by atoms with E-state index in [2.05, 4.69) is 44.0 Å². The van der Waals surface area contributed by atoms with E-state index in [4.69, 9.17) is 0 Å². The lowest BCUT2D eigenvalue weighted by Crippen LogP contribution is -2.22. The number of allylic oxidation sites excluding steroid dienone is 2. The first kappa shape index (κ1) is 10.9. The largest absolute Gasteiger partial charge is 0.347 e. The van der Waals surface area contributed by atoms with Gasteiger partial charge in [0.15, 0.2) is 0 Å². The van der Waals surface area contributed by atoms with Crippen molar-refractivity contribution in [2.45, 2.75) is 25.7 Å².